The lowest BCUT2D eigenvalue weighted by molar-refractivity contribution is -0.123. The van der Waals surface area contributed by atoms with Crippen molar-refractivity contribution in [2.24, 2.45) is 0 Å². The van der Waals surface area contributed by atoms with E-state index in [4.69, 9.17) is 4.74 Å². The second kappa shape index (κ2) is 11.8. The molecule has 5 aromatic rings. The number of carbonyl (C=O) groups excluding carboxylic acids is 2. The summed E-state index contributed by atoms with van der Waals surface area (Å²) < 4.78 is 5.44. The van der Waals surface area contributed by atoms with Gasteiger partial charge in [0.1, 0.15) is 12.6 Å². The van der Waals surface area contributed by atoms with Gasteiger partial charge in [-0.1, -0.05) is 84.9 Å². The number of amides is 2. The first-order chi connectivity index (χ1) is 18.7. The summed E-state index contributed by atoms with van der Waals surface area (Å²) in [5.74, 6) is -0.375. The van der Waals surface area contributed by atoms with Gasteiger partial charge in [0, 0.05) is 23.5 Å². The number of benzene rings is 4. The van der Waals surface area contributed by atoms with E-state index >= 15 is 0 Å². The lowest BCUT2D eigenvalue weighted by Gasteiger charge is -2.28. The zero-order valence-electron chi connectivity index (χ0n) is 20.7. The summed E-state index contributed by atoms with van der Waals surface area (Å²) in [6.45, 7) is 0.105. The molecule has 0 aliphatic rings. The number of carbonyl (C=O) groups is 2. The minimum absolute atomic E-state index is 0.105. The van der Waals surface area contributed by atoms with Crippen molar-refractivity contribution in [3.8, 4) is 0 Å². The lowest BCUT2D eigenvalue weighted by atomic mass is 10.0. The van der Waals surface area contributed by atoms with Crippen LogP contribution < -0.4 is 15.8 Å². The van der Waals surface area contributed by atoms with Crippen molar-refractivity contribution in [1.82, 2.24) is 15.7 Å². The van der Waals surface area contributed by atoms with Gasteiger partial charge in [0.25, 0.3) is 5.91 Å². The number of aromatic amines is 1. The number of anilines is 2. The van der Waals surface area contributed by atoms with Crippen LogP contribution in [0.5, 0.6) is 0 Å². The number of H-pyrrole nitrogens is 1. The predicted octanol–water partition coefficient (Wildman–Crippen LogP) is 5.87. The predicted molar refractivity (Wildman–Crippen MR) is 149 cm³/mol. The molecule has 0 spiro atoms. The van der Waals surface area contributed by atoms with E-state index < -0.39 is 12.1 Å². The van der Waals surface area contributed by atoms with Gasteiger partial charge in [-0.2, -0.15) is 0 Å². The molecule has 0 fully saturated rings. The molecule has 1 heterocycles. The van der Waals surface area contributed by atoms with Crippen molar-refractivity contribution in [2.45, 2.75) is 19.1 Å². The highest BCUT2D eigenvalue weighted by Gasteiger charge is 2.26. The van der Waals surface area contributed by atoms with E-state index in [-0.39, 0.29) is 18.9 Å². The summed E-state index contributed by atoms with van der Waals surface area (Å²) in [5, 5.41) is 5.49. The Labute approximate surface area is 221 Å². The number of nitrogens with one attached hydrogen (secondary N) is 3. The fourth-order valence-electron chi connectivity index (χ4n) is 4.26. The van der Waals surface area contributed by atoms with Gasteiger partial charge < -0.3 is 15.0 Å². The van der Waals surface area contributed by atoms with Crippen LogP contribution in [0, 0.1) is 0 Å². The highest BCUT2D eigenvalue weighted by molar-refractivity contribution is 5.90. The molecule has 5 rings (SSSR count). The second-order valence-corrected chi connectivity index (χ2v) is 8.80. The number of para-hydroxylation sites is 3. The van der Waals surface area contributed by atoms with E-state index in [2.05, 4.69) is 15.7 Å². The average Bonchev–Trinajstić information content (AvgIpc) is 3.38. The molecule has 3 N–H and O–H groups in total. The molecule has 7 heteroatoms. The lowest BCUT2D eigenvalue weighted by Crippen LogP contribution is -2.52. The van der Waals surface area contributed by atoms with Gasteiger partial charge in [0.15, 0.2) is 0 Å². The van der Waals surface area contributed by atoms with E-state index in [0.717, 1.165) is 33.4 Å². The first-order valence-electron chi connectivity index (χ1n) is 12.4. The maximum absolute atomic E-state index is 13.7. The molecule has 1 atom stereocenters. The van der Waals surface area contributed by atoms with Crippen LogP contribution >= 0.6 is 0 Å². The van der Waals surface area contributed by atoms with Crippen molar-refractivity contribution in [3.63, 3.8) is 0 Å². The van der Waals surface area contributed by atoms with Gasteiger partial charge in [-0.3, -0.25) is 15.2 Å². The van der Waals surface area contributed by atoms with Crippen LogP contribution in [0.3, 0.4) is 0 Å². The molecule has 0 aliphatic carbocycles. The Morgan fingerprint density at radius 1 is 0.763 bits per heavy atom. The molecule has 0 aliphatic heterocycles. The van der Waals surface area contributed by atoms with Crippen molar-refractivity contribution >= 4 is 34.3 Å². The third-order valence-electron chi connectivity index (χ3n) is 6.17. The number of nitrogens with zero attached hydrogens (tertiary/aromatic N) is 1. The maximum Gasteiger partial charge on any atom is 0.408 e. The maximum atomic E-state index is 13.7. The van der Waals surface area contributed by atoms with Gasteiger partial charge in [0.2, 0.25) is 0 Å². The van der Waals surface area contributed by atoms with Crippen LogP contribution in [0.4, 0.5) is 16.2 Å². The van der Waals surface area contributed by atoms with Crippen molar-refractivity contribution in [3.05, 3.63) is 133 Å². The second-order valence-electron chi connectivity index (χ2n) is 8.80. The zero-order valence-corrected chi connectivity index (χ0v) is 20.7. The molecule has 1 aromatic heterocycles. The minimum Gasteiger partial charge on any atom is -0.445 e. The molecule has 0 radical (unpaired) electrons. The largest absolute Gasteiger partial charge is 0.445 e. The van der Waals surface area contributed by atoms with Crippen LogP contribution in [0.1, 0.15) is 11.1 Å². The summed E-state index contributed by atoms with van der Waals surface area (Å²) in [7, 11) is 0. The van der Waals surface area contributed by atoms with Crippen LogP contribution in [0.15, 0.2) is 121 Å². The summed E-state index contributed by atoms with van der Waals surface area (Å²) in [5.41, 5.74) is 7.30. The first-order valence-corrected chi connectivity index (χ1v) is 12.4. The molecular weight excluding hydrogens is 476 g/mol. The fraction of sp³-hybridized carbons (Fsp3) is 0.0968. The van der Waals surface area contributed by atoms with Gasteiger partial charge in [-0.05, 0) is 41.5 Å². The Hall–Kier alpha value is -5.04. The summed E-state index contributed by atoms with van der Waals surface area (Å²) in [4.78, 5) is 29.8. The van der Waals surface area contributed by atoms with E-state index in [1.807, 2.05) is 121 Å². The number of hydrazine groups is 1. The average molecular weight is 505 g/mol. The summed E-state index contributed by atoms with van der Waals surface area (Å²) >= 11 is 0. The number of fused-ring (bicyclic) bond motifs is 1. The summed E-state index contributed by atoms with van der Waals surface area (Å²) in [6.07, 6.45) is 1.47. The molecule has 38 heavy (non-hydrogen) atoms. The molecular formula is C31H28N4O3. The van der Waals surface area contributed by atoms with Crippen LogP contribution in [-0.2, 0) is 22.6 Å². The molecule has 2 amide bonds. The Morgan fingerprint density at radius 2 is 1.34 bits per heavy atom. The smallest absolute Gasteiger partial charge is 0.408 e. The normalized spacial score (nSPS) is 11.5. The highest BCUT2D eigenvalue weighted by atomic mass is 16.5. The molecule has 0 saturated carbocycles. The Morgan fingerprint density at radius 3 is 2.00 bits per heavy atom. The van der Waals surface area contributed by atoms with Crippen molar-refractivity contribution < 1.29 is 14.3 Å². The number of aromatic nitrogens is 1. The van der Waals surface area contributed by atoms with Crippen molar-refractivity contribution in [2.75, 3.05) is 5.01 Å². The van der Waals surface area contributed by atoms with Crippen molar-refractivity contribution in [1.29, 1.82) is 0 Å². The van der Waals surface area contributed by atoms with E-state index in [0.29, 0.717) is 0 Å². The molecule has 190 valence electrons. The Kier molecular flexibility index (Phi) is 7.65. The third-order valence-corrected chi connectivity index (χ3v) is 6.17. The molecule has 0 bridgehead atoms. The monoisotopic (exact) mass is 504 g/mol. The number of hydrogen-bond donors (Lipinski definition) is 3. The van der Waals surface area contributed by atoms with Gasteiger partial charge in [-0.15, -0.1) is 0 Å². The topological polar surface area (TPSA) is 86.5 Å². The Bertz CT molecular complexity index is 1450. The number of rotatable bonds is 9. The van der Waals surface area contributed by atoms with Crippen LogP contribution in [0.25, 0.3) is 10.9 Å². The number of ether oxygens (including phenoxy) is 1. The standard InChI is InChI=1S/C31H28N4O3/c36-30(34-35(25-14-6-2-7-15-25)26-16-8-3-9-17-26)29(20-24-21-32-28-19-11-10-18-27(24)28)33-31(37)38-22-23-12-4-1-5-13-23/h1-19,21,29,32H,20,22H2,(H,33,37)(H,34,36)/t29-/m0/s1. The number of hydrogen-bond acceptors (Lipinski definition) is 4. The van der Waals surface area contributed by atoms with E-state index in [9.17, 15) is 9.59 Å². The highest BCUT2D eigenvalue weighted by Crippen LogP contribution is 2.23. The van der Waals surface area contributed by atoms with Gasteiger partial charge in [-0.25, -0.2) is 4.79 Å². The minimum atomic E-state index is -0.896. The molecule has 4 aromatic carbocycles. The summed E-state index contributed by atoms with van der Waals surface area (Å²) in [6, 6.07) is 35.4. The van der Waals surface area contributed by atoms with Gasteiger partial charge >= 0.3 is 6.09 Å². The Balaban J connectivity index is 1.39. The fourth-order valence-corrected chi connectivity index (χ4v) is 4.26. The van der Waals surface area contributed by atoms with E-state index in [1.54, 1.807) is 5.01 Å². The third kappa shape index (κ3) is 6.02. The van der Waals surface area contributed by atoms with E-state index in [1.165, 1.54) is 0 Å². The number of alkyl carbamates (subject to hydrolysis) is 1. The SMILES string of the molecule is O=C(N[C@@H](Cc1c[nH]c2ccccc12)C(=O)NN(c1ccccc1)c1ccccc1)OCc1ccccc1. The quantitative estimate of drug-likeness (QED) is 0.219. The molecule has 0 unspecified atom stereocenters. The van der Waals surface area contributed by atoms with Gasteiger partial charge in [0.05, 0.1) is 11.4 Å². The van der Waals surface area contributed by atoms with Crippen LogP contribution in [-0.4, -0.2) is 23.0 Å². The molecule has 7 nitrogen and oxygen atoms in total. The zero-order chi connectivity index (χ0) is 26.2. The molecule has 0 saturated heterocycles. The van der Waals surface area contributed by atoms with Crippen LogP contribution in [0.2, 0.25) is 0 Å². The first kappa shape index (κ1) is 24.6.